The lowest BCUT2D eigenvalue weighted by molar-refractivity contribution is -0.137. The van der Waals surface area contributed by atoms with Crippen molar-refractivity contribution in [2.45, 2.75) is 64.7 Å². The van der Waals surface area contributed by atoms with Crippen LogP contribution >= 0.6 is 0 Å². The first-order chi connectivity index (χ1) is 9.18. The number of aliphatic carboxylic acids is 1. The van der Waals surface area contributed by atoms with Gasteiger partial charge in [0.25, 0.3) is 0 Å². The van der Waals surface area contributed by atoms with E-state index in [0.29, 0.717) is 6.42 Å². The standard InChI is InChI=1S/C15H24N2O2/c1-13-16-12-11-14(17-13)9-7-5-3-2-4-6-8-10-15(18)19/h11-12H,2-10H2,1H3,(H,18,19). The lowest BCUT2D eigenvalue weighted by atomic mass is 10.1. The first-order valence-electron chi connectivity index (χ1n) is 7.19. The molecule has 0 radical (unpaired) electrons. The van der Waals surface area contributed by atoms with Crippen LogP contribution in [0.1, 0.15) is 62.9 Å². The molecule has 0 amide bonds. The third kappa shape index (κ3) is 8.30. The molecule has 1 aromatic rings. The van der Waals surface area contributed by atoms with Crippen molar-refractivity contribution in [2.75, 3.05) is 0 Å². The smallest absolute Gasteiger partial charge is 0.303 e. The molecule has 0 spiro atoms. The molecule has 0 unspecified atom stereocenters. The van der Waals surface area contributed by atoms with E-state index in [-0.39, 0.29) is 0 Å². The summed E-state index contributed by atoms with van der Waals surface area (Å²) in [5, 5.41) is 8.50. The molecule has 0 bridgehead atoms. The minimum Gasteiger partial charge on any atom is -0.481 e. The van der Waals surface area contributed by atoms with Crippen LogP contribution in [0, 0.1) is 6.92 Å². The predicted octanol–water partition coefficient (Wildman–Crippen LogP) is 3.53. The van der Waals surface area contributed by atoms with Crippen molar-refractivity contribution in [3.8, 4) is 0 Å². The Bertz CT molecular complexity index is 380. The van der Waals surface area contributed by atoms with Gasteiger partial charge < -0.3 is 5.11 Å². The summed E-state index contributed by atoms with van der Waals surface area (Å²) in [6, 6.07) is 1.99. The normalized spacial score (nSPS) is 10.6. The molecule has 0 atom stereocenters. The van der Waals surface area contributed by atoms with E-state index in [1.807, 2.05) is 19.2 Å². The van der Waals surface area contributed by atoms with E-state index in [0.717, 1.165) is 37.2 Å². The van der Waals surface area contributed by atoms with Crippen LogP contribution in [-0.2, 0) is 11.2 Å². The molecule has 4 heteroatoms. The van der Waals surface area contributed by atoms with Crippen LogP contribution in [0.25, 0.3) is 0 Å². The van der Waals surface area contributed by atoms with Gasteiger partial charge in [0, 0.05) is 18.3 Å². The van der Waals surface area contributed by atoms with Gasteiger partial charge in [-0.3, -0.25) is 4.79 Å². The van der Waals surface area contributed by atoms with E-state index in [9.17, 15) is 4.79 Å². The number of aromatic nitrogens is 2. The number of aryl methyl sites for hydroxylation is 2. The van der Waals surface area contributed by atoms with Crippen LogP contribution in [0.15, 0.2) is 12.3 Å². The van der Waals surface area contributed by atoms with Crippen molar-refractivity contribution in [1.82, 2.24) is 9.97 Å². The average molecular weight is 264 g/mol. The monoisotopic (exact) mass is 264 g/mol. The second-order valence-corrected chi connectivity index (χ2v) is 4.96. The molecule has 0 saturated carbocycles. The van der Waals surface area contributed by atoms with Crippen LogP contribution in [0.3, 0.4) is 0 Å². The van der Waals surface area contributed by atoms with Gasteiger partial charge in [0.2, 0.25) is 0 Å². The zero-order valence-corrected chi connectivity index (χ0v) is 11.8. The number of carbonyl (C=O) groups is 1. The van der Waals surface area contributed by atoms with E-state index in [2.05, 4.69) is 9.97 Å². The highest BCUT2D eigenvalue weighted by Gasteiger charge is 1.98. The zero-order chi connectivity index (χ0) is 13.9. The fourth-order valence-corrected chi connectivity index (χ4v) is 2.11. The SMILES string of the molecule is Cc1nccc(CCCCCCCCCC(=O)O)n1. The van der Waals surface area contributed by atoms with Crippen LogP contribution in [0.4, 0.5) is 0 Å². The predicted molar refractivity (Wildman–Crippen MR) is 75.0 cm³/mol. The van der Waals surface area contributed by atoms with E-state index < -0.39 is 5.97 Å². The van der Waals surface area contributed by atoms with Crippen LogP contribution in [0.2, 0.25) is 0 Å². The van der Waals surface area contributed by atoms with Gasteiger partial charge in [0.15, 0.2) is 0 Å². The third-order valence-corrected chi connectivity index (χ3v) is 3.16. The average Bonchev–Trinajstić information content (AvgIpc) is 2.36. The highest BCUT2D eigenvalue weighted by molar-refractivity contribution is 5.66. The molecule has 4 nitrogen and oxygen atoms in total. The number of carboxylic acid groups (broad SMARTS) is 1. The van der Waals surface area contributed by atoms with Gasteiger partial charge >= 0.3 is 5.97 Å². The van der Waals surface area contributed by atoms with Crippen molar-refractivity contribution in [1.29, 1.82) is 0 Å². The molecule has 1 heterocycles. The highest BCUT2D eigenvalue weighted by atomic mass is 16.4. The summed E-state index contributed by atoms with van der Waals surface area (Å²) in [6.07, 6.45) is 11.0. The largest absolute Gasteiger partial charge is 0.481 e. The van der Waals surface area contributed by atoms with Gasteiger partial charge in [-0.15, -0.1) is 0 Å². The molecule has 19 heavy (non-hydrogen) atoms. The number of nitrogens with zero attached hydrogens (tertiary/aromatic N) is 2. The number of unbranched alkanes of at least 4 members (excludes halogenated alkanes) is 6. The molecule has 0 fully saturated rings. The van der Waals surface area contributed by atoms with Crippen molar-refractivity contribution in [3.05, 3.63) is 23.8 Å². The van der Waals surface area contributed by atoms with Gasteiger partial charge in [-0.1, -0.05) is 32.1 Å². The summed E-state index contributed by atoms with van der Waals surface area (Å²) in [5.74, 6) is 0.163. The third-order valence-electron chi connectivity index (χ3n) is 3.16. The van der Waals surface area contributed by atoms with Crippen molar-refractivity contribution >= 4 is 5.97 Å². The fourth-order valence-electron chi connectivity index (χ4n) is 2.11. The summed E-state index contributed by atoms with van der Waals surface area (Å²) >= 11 is 0. The summed E-state index contributed by atoms with van der Waals surface area (Å²) in [5.41, 5.74) is 1.13. The first kappa shape index (κ1) is 15.6. The Morgan fingerprint density at radius 1 is 1.11 bits per heavy atom. The molecule has 0 aromatic carbocycles. The Hall–Kier alpha value is -1.45. The molecule has 1 aromatic heterocycles. The molecule has 0 aliphatic heterocycles. The molecule has 0 saturated heterocycles. The lowest BCUT2D eigenvalue weighted by Gasteiger charge is -2.02. The van der Waals surface area contributed by atoms with E-state index in [1.54, 1.807) is 0 Å². The van der Waals surface area contributed by atoms with Gasteiger partial charge in [0.05, 0.1) is 0 Å². The molecule has 106 valence electrons. The number of carboxylic acids is 1. The zero-order valence-electron chi connectivity index (χ0n) is 11.8. The summed E-state index contributed by atoms with van der Waals surface area (Å²) < 4.78 is 0. The Morgan fingerprint density at radius 3 is 2.37 bits per heavy atom. The molecule has 0 aliphatic carbocycles. The molecular weight excluding hydrogens is 240 g/mol. The maximum atomic E-state index is 10.3. The first-order valence-corrected chi connectivity index (χ1v) is 7.19. The fraction of sp³-hybridized carbons (Fsp3) is 0.667. The second kappa shape index (κ2) is 9.48. The van der Waals surface area contributed by atoms with Gasteiger partial charge in [-0.05, 0) is 32.3 Å². The van der Waals surface area contributed by atoms with Crippen molar-refractivity contribution in [2.24, 2.45) is 0 Å². The van der Waals surface area contributed by atoms with E-state index >= 15 is 0 Å². The Balaban J connectivity index is 1.93. The van der Waals surface area contributed by atoms with Gasteiger partial charge in [0.1, 0.15) is 5.82 Å². The van der Waals surface area contributed by atoms with Crippen LogP contribution < -0.4 is 0 Å². The molecule has 1 N–H and O–H groups in total. The van der Waals surface area contributed by atoms with Gasteiger partial charge in [-0.2, -0.15) is 0 Å². The Kier molecular flexibility index (Phi) is 7.78. The minimum atomic E-state index is -0.680. The number of hydrogen-bond donors (Lipinski definition) is 1. The summed E-state index contributed by atoms with van der Waals surface area (Å²) in [4.78, 5) is 18.8. The maximum absolute atomic E-state index is 10.3. The van der Waals surface area contributed by atoms with Crippen molar-refractivity contribution in [3.63, 3.8) is 0 Å². The lowest BCUT2D eigenvalue weighted by Crippen LogP contribution is -1.95. The molecular formula is C15H24N2O2. The molecule has 1 rings (SSSR count). The number of rotatable bonds is 10. The second-order valence-electron chi connectivity index (χ2n) is 4.96. The van der Waals surface area contributed by atoms with Crippen LogP contribution in [-0.4, -0.2) is 21.0 Å². The quantitative estimate of drug-likeness (QED) is 0.657. The Labute approximate surface area is 115 Å². The van der Waals surface area contributed by atoms with E-state index in [1.165, 1.54) is 25.7 Å². The van der Waals surface area contributed by atoms with Crippen LogP contribution in [0.5, 0.6) is 0 Å². The minimum absolute atomic E-state index is 0.313. The Morgan fingerprint density at radius 2 is 1.74 bits per heavy atom. The maximum Gasteiger partial charge on any atom is 0.303 e. The van der Waals surface area contributed by atoms with E-state index in [4.69, 9.17) is 5.11 Å². The molecule has 0 aliphatic rings. The highest BCUT2D eigenvalue weighted by Crippen LogP contribution is 2.10. The van der Waals surface area contributed by atoms with Crippen molar-refractivity contribution < 1.29 is 9.90 Å². The summed E-state index contributed by atoms with van der Waals surface area (Å²) in [6.45, 7) is 1.92. The topological polar surface area (TPSA) is 63.1 Å². The number of hydrogen-bond acceptors (Lipinski definition) is 3. The summed E-state index contributed by atoms with van der Waals surface area (Å²) in [7, 11) is 0. The van der Waals surface area contributed by atoms with Gasteiger partial charge in [-0.25, -0.2) is 9.97 Å².